The van der Waals surface area contributed by atoms with Crippen LogP contribution in [0.2, 0.25) is 0 Å². The zero-order valence-corrected chi connectivity index (χ0v) is 11.0. The Kier molecular flexibility index (Phi) is 4.19. The third kappa shape index (κ3) is 3.46. The summed E-state index contributed by atoms with van der Waals surface area (Å²) in [4.78, 5) is 0. The van der Waals surface area contributed by atoms with Gasteiger partial charge < -0.3 is 4.74 Å². The van der Waals surface area contributed by atoms with Crippen LogP contribution < -0.4 is 5.32 Å². The summed E-state index contributed by atoms with van der Waals surface area (Å²) >= 11 is 0. The van der Waals surface area contributed by atoms with Crippen LogP contribution in [0.1, 0.15) is 66.7 Å². The topological polar surface area (TPSA) is 21.3 Å². The van der Waals surface area contributed by atoms with E-state index in [1.54, 1.807) is 0 Å². The Morgan fingerprint density at radius 1 is 1.20 bits per heavy atom. The first kappa shape index (κ1) is 13.0. The average Bonchev–Trinajstić information content (AvgIpc) is 1.99. The molecule has 0 spiro atoms. The zero-order chi connectivity index (χ0) is 11.5. The summed E-state index contributed by atoms with van der Waals surface area (Å²) in [5.74, 6) is 0. The number of hydrogen-bond acceptors (Lipinski definition) is 2. The minimum absolute atomic E-state index is 0.0228. The van der Waals surface area contributed by atoms with E-state index < -0.39 is 0 Å². The summed E-state index contributed by atoms with van der Waals surface area (Å²) in [7, 11) is 0. The average molecular weight is 213 g/mol. The molecule has 0 aliphatic carbocycles. The van der Waals surface area contributed by atoms with Crippen molar-refractivity contribution in [3.8, 4) is 0 Å². The summed E-state index contributed by atoms with van der Waals surface area (Å²) < 4.78 is 6.30. The molecule has 1 rings (SSSR count). The molecule has 0 saturated carbocycles. The first-order valence-electron chi connectivity index (χ1n) is 6.41. The summed E-state index contributed by atoms with van der Waals surface area (Å²) in [5.41, 5.74) is -0.0420. The van der Waals surface area contributed by atoms with Crippen molar-refractivity contribution in [2.75, 3.05) is 0 Å². The second-order valence-corrected chi connectivity index (χ2v) is 5.61. The van der Waals surface area contributed by atoms with Crippen LogP contribution in [0.3, 0.4) is 0 Å². The summed E-state index contributed by atoms with van der Waals surface area (Å²) in [6.45, 7) is 11.2. The van der Waals surface area contributed by atoms with Crippen LogP contribution in [0.15, 0.2) is 0 Å². The maximum Gasteiger partial charge on any atom is 0.120 e. The Hall–Kier alpha value is -0.0800. The molecule has 0 aromatic heterocycles. The normalized spacial score (nSPS) is 29.0. The van der Waals surface area contributed by atoms with Crippen LogP contribution in [-0.2, 0) is 4.74 Å². The van der Waals surface area contributed by atoms with Gasteiger partial charge in [0.15, 0.2) is 0 Å². The maximum absolute atomic E-state index is 6.30. The fraction of sp³-hybridized carbons (Fsp3) is 1.00. The van der Waals surface area contributed by atoms with Crippen LogP contribution in [-0.4, -0.2) is 17.4 Å². The van der Waals surface area contributed by atoms with Gasteiger partial charge in [0, 0.05) is 6.04 Å². The fourth-order valence-electron chi connectivity index (χ4n) is 3.02. The molecule has 2 heteroatoms. The number of ether oxygens (including phenoxy) is 1. The molecule has 1 atom stereocenters. The molecule has 0 bridgehead atoms. The highest BCUT2D eigenvalue weighted by atomic mass is 16.5. The molecule has 0 aromatic carbocycles. The SMILES string of the molecule is CCCC1(CCC)NC(C)CC(C)(C)O1. The highest BCUT2D eigenvalue weighted by Crippen LogP contribution is 2.34. The van der Waals surface area contributed by atoms with Gasteiger partial charge in [0.05, 0.1) is 5.60 Å². The van der Waals surface area contributed by atoms with Gasteiger partial charge in [-0.15, -0.1) is 0 Å². The Bertz CT molecular complexity index is 195. The molecule has 2 nitrogen and oxygen atoms in total. The largest absolute Gasteiger partial charge is 0.355 e. The van der Waals surface area contributed by atoms with Crippen LogP contribution >= 0.6 is 0 Å². The van der Waals surface area contributed by atoms with E-state index in [1.165, 1.54) is 12.8 Å². The molecular weight excluding hydrogens is 186 g/mol. The van der Waals surface area contributed by atoms with Crippen molar-refractivity contribution in [2.24, 2.45) is 0 Å². The van der Waals surface area contributed by atoms with Crippen molar-refractivity contribution in [3.05, 3.63) is 0 Å². The molecule has 1 aliphatic rings. The smallest absolute Gasteiger partial charge is 0.120 e. The Balaban J connectivity index is 2.76. The molecule has 0 aromatic rings. The second-order valence-electron chi connectivity index (χ2n) is 5.61. The van der Waals surface area contributed by atoms with E-state index in [0.717, 1.165) is 19.3 Å². The third-order valence-corrected chi connectivity index (χ3v) is 3.09. The van der Waals surface area contributed by atoms with Crippen LogP contribution in [0, 0.1) is 0 Å². The molecular formula is C13H27NO. The summed E-state index contributed by atoms with van der Waals surface area (Å²) in [6, 6.07) is 0.562. The van der Waals surface area contributed by atoms with E-state index in [9.17, 15) is 0 Å². The maximum atomic E-state index is 6.30. The van der Waals surface area contributed by atoms with E-state index >= 15 is 0 Å². The number of rotatable bonds is 4. The summed E-state index contributed by atoms with van der Waals surface area (Å²) in [5, 5.41) is 3.67. The van der Waals surface area contributed by atoms with Crippen molar-refractivity contribution in [1.82, 2.24) is 5.32 Å². The number of hydrogen-bond donors (Lipinski definition) is 1. The molecule has 1 aliphatic heterocycles. The van der Waals surface area contributed by atoms with Gasteiger partial charge in [0.25, 0.3) is 0 Å². The zero-order valence-electron chi connectivity index (χ0n) is 11.0. The standard InChI is InChI=1S/C13H27NO/c1-6-8-13(9-7-2)14-11(3)10-12(4,5)15-13/h11,14H,6-10H2,1-5H3. The predicted molar refractivity (Wildman–Crippen MR) is 64.9 cm³/mol. The van der Waals surface area contributed by atoms with E-state index in [2.05, 4.69) is 39.9 Å². The molecule has 90 valence electrons. The van der Waals surface area contributed by atoms with Gasteiger partial charge in [0.2, 0.25) is 0 Å². The molecule has 1 unspecified atom stereocenters. The van der Waals surface area contributed by atoms with Crippen LogP contribution in [0.4, 0.5) is 0 Å². The minimum atomic E-state index is -0.0648. The van der Waals surface area contributed by atoms with Gasteiger partial charge in [-0.25, -0.2) is 0 Å². The fourth-order valence-corrected chi connectivity index (χ4v) is 3.02. The molecule has 0 radical (unpaired) electrons. The lowest BCUT2D eigenvalue weighted by molar-refractivity contribution is -0.203. The van der Waals surface area contributed by atoms with Crippen LogP contribution in [0.5, 0.6) is 0 Å². The van der Waals surface area contributed by atoms with Crippen LogP contribution in [0.25, 0.3) is 0 Å². The molecule has 0 amide bonds. The minimum Gasteiger partial charge on any atom is -0.355 e. The molecule has 1 fully saturated rings. The van der Waals surface area contributed by atoms with E-state index in [0.29, 0.717) is 6.04 Å². The lowest BCUT2D eigenvalue weighted by Crippen LogP contribution is -2.61. The molecule has 1 N–H and O–H groups in total. The van der Waals surface area contributed by atoms with Crippen molar-refractivity contribution in [2.45, 2.75) is 84.1 Å². The molecule has 1 heterocycles. The van der Waals surface area contributed by atoms with Crippen molar-refractivity contribution in [1.29, 1.82) is 0 Å². The van der Waals surface area contributed by atoms with Gasteiger partial charge in [-0.1, -0.05) is 26.7 Å². The highest BCUT2D eigenvalue weighted by Gasteiger charge is 2.41. The van der Waals surface area contributed by atoms with Crippen molar-refractivity contribution < 1.29 is 4.74 Å². The Morgan fingerprint density at radius 2 is 1.73 bits per heavy atom. The Morgan fingerprint density at radius 3 is 2.13 bits per heavy atom. The first-order chi connectivity index (χ1) is 6.93. The van der Waals surface area contributed by atoms with E-state index in [4.69, 9.17) is 4.74 Å². The lowest BCUT2D eigenvalue weighted by atomic mass is 9.90. The lowest BCUT2D eigenvalue weighted by Gasteiger charge is -2.49. The monoisotopic (exact) mass is 213 g/mol. The Labute approximate surface area is 94.8 Å². The predicted octanol–water partition coefficient (Wildman–Crippen LogP) is 3.46. The van der Waals surface area contributed by atoms with Gasteiger partial charge in [0.1, 0.15) is 5.72 Å². The highest BCUT2D eigenvalue weighted by molar-refractivity contribution is 4.91. The quantitative estimate of drug-likeness (QED) is 0.772. The first-order valence-corrected chi connectivity index (χ1v) is 6.41. The molecule has 1 saturated heterocycles. The van der Waals surface area contributed by atoms with E-state index in [1.807, 2.05) is 0 Å². The molecule has 15 heavy (non-hydrogen) atoms. The van der Waals surface area contributed by atoms with Gasteiger partial charge >= 0.3 is 0 Å². The van der Waals surface area contributed by atoms with Gasteiger partial charge in [-0.3, -0.25) is 5.32 Å². The van der Waals surface area contributed by atoms with Gasteiger partial charge in [-0.05, 0) is 40.0 Å². The van der Waals surface area contributed by atoms with Gasteiger partial charge in [-0.2, -0.15) is 0 Å². The summed E-state index contributed by atoms with van der Waals surface area (Å²) in [6.07, 6.45) is 5.69. The number of nitrogens with one attached hydrogen (secondary N) is 1. The third-order valence-electron chi connectivity index (χ3n) is 3.09. The second kappa shape index (κ2) is 4.84. The van der Waals surface area contributed by atoms with Crippen molar-refractivity contribution >= 4 is 0 Å². The van der Waals surface area contributed by atoms with Crippen molar-refractivity contribution in [3.63, 3.8) is 0 Å². The van der Waals surface area contributed by atoms with E-state index in [-0.39, 0.29) is 11.3 Å².